The first-order valence-corrected chi connectivity index (χ1v) is 7.99. The first-order valence-electron chi connectivity index (χ1n) is 7.99. The number of methoxy groups -OCH3 is 1. The van der Waals surface area contributed by atoms with Crippen molar-refractivity contribution in [3.8, 4) is 5.75 Å². The fraction of sp³-hybridized carbons (Fsp3) is 0.150. The number of ether oxygens (including phenoxy) is 1. The van der Waals surface area contributed by atoms with Gasteiger partial charge >= 0.3 is 0 Å². The molecule has 0 heterocycles. The zero-order valence-corrected chi connectivity index (χ0v) is 14.5. The molecule has 134 valence electrons. The van der Waals surface area contributed by atoms with E-state index in [-0.39, 0.29) is 11.6 Å². The van der Waals surface area contributed by atoms with Crippen LogP contribution < -0.4 is 4.74 Å². The number of carbonyl (C=O) groups is 1. The summed E-state index contributed by atoms with van der Waals surface area (Å²) in [5.41, 5.74) is 1.29. The topological polar surface area (TPSA) is 72.7 Å². The maximum absolute atomic E-state index is 12.5. The van der Waals surface area contributed by atoms with E-state index in [0.717, 1.165) is 11.3 Å². The molecule has 2 aromatic rings. The largest absolute Gasteiger partial charge is 0.497 e. The molecule has 0 aliphatic heterocycles. The second-order valence-corrected chi connectivity index (χ2v) is 5.50. The van der Waals surface area contributed by atoms with Crippen LogP contribution in [0.4, 0.5) is 5.69 Å². The molecule has 2 aromatic carbocycles. The van der Waals surface area contributed by atoms with E-state index in [1.807, 2.05) is 24.3 Å². The molecule has 0 fully saturated rings. The number of carbonyl (C=O) groups excluding carboxylic acids is 1. The molecule has 0 spiro atoms. The van der Waals surface area contributed by atoms with Gasteiger partial charge < -0.3 is 9.64 Å². The van der Waals surface area contributed by atoms with Gasteiger partial charge in [0.2, 0.25) is 5.91 Å². The predicted octanol–water partition coefficient (Wildman–Crippen LogP) is 3.83. The molecule has 0 radical (unpaired) electrons. The minimum atomic E-state index is -0.469. The molecule has 0 unspecified atom stereocenters. The van der Waals surface area contributed by atoms with Crippen molar-refractivity contribution in [3.63, 3.8) is 0 Å². The van der Waals surface area contributed by atoms with Gasteiger partial charge in [0.25, 0.3) is 5.69 Å². The Balaban J connectivity index is 2.15. The third kappa shape index (κ3) is 5.04. The number of nitro benzene ring substituents is 1. The van der Waals surface area contributed by atoms with Crippen LogP contribution in [0.3, 0.4) is 0 Å². The third-order valence-corrected chi connectivity index (χ3v) is 3.73. The molecule has 0 N–H and O–H groups in total. The van der Waals surface area contributed by atoms with E-state index in [9.17, 15) is 14.9 Å². The Bertz CT molecular complexity index is 813. The number of nitro groups is 1. The minimum absolute atomic E-state index is 0.0398. The van der Waals surface area contributed by atoms with Crippen LogP contribution in [0.1, 0.15) is 11.1 Å². The Morgan fingerprint density at radius 1 is 1.23 bits per heavy atom. The summed E-state index contributed by atoms with van der Waals surface area (Å²) in [6, 6.07) is 13.7. The summed E-state index contributed by atoms with van der Waals surface area (Å²) >= 11 is 0. The van der Waals surface area contributed by atoms with Gasteiger partial charge in [-0.1, -0.05) is 30.3 Å². The maximum atomic E-state index is 12.5. The summed E-state index contributed by atoms with van der Waals surface area (Å²) in [5.74, 6) is 0.491. The van der Waals surface area contributed by atoms with Crippen LogP contribution in [0.25, 0.3) is 6.08 Å². The highest BCUT2D eigenvalue weighted by atomic mass is 16.6. The number of benzene rings is 2. The molecular formula is C20H20N2O4. The predicted molar refractivity (Wildman–Crippen MR) is 101 cm³/mol. The average Bonchev–Trinajstić information content (AvgIpc) is 2.66. The molecule has 6 heteroatoms. The van der Waals surface area contributed by atoms with E-state index >= 15 is 0 Å². The quantitative estimate of drug-likeness (QED) is 0.313. The monoisotopic (exact) mass is 352 g/mol. The van der Waals surface area contributed by atoms with Gasteiger partial charge in [0.05, 0.1) is 17.6 Å². The summed E-state index contributed by atoms with van der Waals surface area (Å²) in [4.78, 5) is 24.7. The number of nitrogens with zero attached hydrogens (tertiary/aromatic N) is 2. The molecule has 1 amide bonds. The molecule has 26 heavy (non-hydrogen) atoms. The summed E-state index contributed by atoms with van der Waals surface area (Å²) in [7, 11) is 1.59. The minimum Gasteiger partial charge on any atom is -0.497 e. The highest BCUT2D eigenvalue weighted by Gasteiger charge is 2.13. The smallest absolute Gasteiger partial charge is 0.276 e. The highest BCUT2D eigenvalue weighted by Crippen LogP contribution is 2.19. The molecule has 0 bridgehead atoms. The van der Waals surface area contributed by atoms with Crippen LogP contribution in [0, 0.1) is 10.1 Å². The van der Waals surface area contributed by atoms with Crippen LogP contribution in [-0.2, 0) is 11.3 Å². The van der Waals surface area contributed by atoms with E-state index in [0.29, 0.717) is 18.7 Å². The zero-order chi connectivity index (χ0) is 18.9. The van der Waals surface area contributed by atoms with Gasteiger partial charge in [-0.25, -0.2) is 0 Å². The van der Waals surface area contributed by atoms with E-state index in [1.165, 1.54) is 18.2 Å². The fourth-order valence-corrected chi connectivity index (χ4v) is 2.40. The van der Waals surface area contributed by atoms with Crippen molar-refractivity contribution in [3.05, 3.63) is 88.5 Å². The van der Waals surface area contributed by atoms with Gasteiger partial charge in [-0.2, -0.15) is 0 Å². The lowest BCUT2D eigenvalue weighted by Gasteiger charge is -2.19. The maximum Gasteiger partial charge on any atom is 0.276 e. The van der Waals surface area contributed by atoms with Crippen molar-refractivity contribution in [1.82, 2.24) is 4.90 Å². The van der Waals surface area contributed by atoms with Gasteiger partial charge in [-0.05, 0) is 29.8 Å². The fourth-order valence-electron chi connectivity index (χ4n) is 2.40. The molecule has 2 rings (SSSR count). The van der Waals surface area contributed by atoms with Crippen LogP contribution >= 0.6 is 0 Å². The van der Waals surface area contributed by atoms with Crippen molar-refractivity contribution < 1.29 is 14.5 Å². The van der Waals surface area contributed by atoms with Crippen LogP contribution in [0.5, 0.6) is 5.75 Å². The molecule has 0 saturated heterocycles. The van der Waals surface area contributed by atoms with Crippen molar-refractivity contribution in [2.24, 2.45) is 0 Å². The van der Waals surface area contributed by atoms with Crippen molar-refractivity contribution in [2.45, 2.75) is 6.54 Å². The van der Waals surface area contributed by atoms with Gasteiger partial charge in [0.1, 0.15) is 5.75 Å². The van der Waals surface area contributed by atoms with Crippen LogP contribution in [0.15, 0.2) is 67.3 Å². The SMILES string of the molecule is C=CCN(Cc1ccc(OC)cc1)C(=O)C=Cc1ccccc1[N+](=O)[O-]. The molecule has 0 saturated carbocycles. The van der Waals surface area contributed by atoms with E-state index in [4.69, 9.17) is 4.74 Å². The highest BCUT2D eigenvalue weighted by molar-refractivity contribution is 5.92. The summed E-state index contributed by atoms with van der Waals surface area (Å²) in [6.45, 7) is 4.45. The second-order valence-electron chi connectivity index (χ2n) is 5.50. The number of para-hydroxylation sites is 1. The lowest BCUT2D eigenvalue weighted by atomic mass is 10.1. The van der Waals surface area contributed by atoms with Crippen molar-refractivity contribution in [2.75, 3.05) is 13.7 Å². The Hall–Kier alpha value is -3.41. The normalized spacial score (nSPS) is 10.5. The molecule has 0 aliphatic carbocycles. The van der Waals surface area contributed by atoms with Gasteiger partial charge in [0, 0.05) is 25.2 Å². The average molecular weight is 352 g/mol. The first kappa shape index (κ1) is 18.9. The summed E-state index contributed by atoms with van der Waals surface area (Å²) in [5, 5.41) is 11.0. The standard InChI is InChI=1S/C20H20N2O4/c1-3-14-21(15-16-8-11-18(26-2)12-9-16)20(23)13-10-17-6-4-5-7-19(17)22(24)25/h3-13H,1,14-15H2,2H3. The summed E-state index contributed by atoms with van der Waals surface area (Å²) < 4.78 is 5.12. The Morgan fingerprint density at radius 3 is 2.54 bits per heavy atom. The zero-order valence-electron chi connectivity index (χ0n) is 14.5. The van der Waals surface area contributed by atoms with E-state index < -0.39 is 4.92 Å². The number of rotatable bonds is 8. The van der Waals surface area contributed by atoms with Crippen molar-refractivity contribution in [1.29, 1.82) is 0 Å². The molecular weight excluding hydrogens is 332 g/mol. The Morgan fingerprint density at radius 2 is 1.92 bits per heavy atom. The number of amides is 1. The molecule has 0 atom stereocenters. The third-order valence-electron chi connectivity index (χ3n) is 3.73. The Kier molecular flexibility index (Phi) is 6.68. The number of hydrogen-bond donors (Lipinski definition) is 0. The first-order chi connectivity index (χ1) is 12.5. The molecule has 0 aliphatic rings. The van der Waals surface area contributed by atoms with E-state index in [2.05, 4.69) is 6.58 Å². The van der Waals surface area contributed by atoms with Gasteiger partial charge in [0.15, 0.2) is 0 Å². The molecule has 6 nitrogen and oxygen atoms in total. The summed E-state index contributed by atoms with van der Waals surface area (Å²) in [6.07, 6.45) is 4.44. The van der Waals surface area contributed by atoms with Crippen molar-refractivity contribution >= 4 is 17.7 Å². The number of hydrogen-bond acceptors (Lipinski definition) is 4. The lowest BCUT2D eigenvalue weighted by molar-refractivity contribution is -0.385. The molecule has 0 aromatic heterocycles. The lowest BCUT2D eigenvalue weighted by Crippen LogP contribution is -2.29. The van der Waals surface area contributed by atoms with Gasteiger partial charge in [-0.15, -0.1) is 6.58 Å². The Labute approximate surface area is 152 Å². The van der Waals surface area contributed by atoms with Crippen LogP contribution in [0.2, 0.25) is 0 Å². The van der Waals surface area contributed by atoms with Crippen LogP contribution in [-0.4, -0.2) is 29.4 Å². The second kappa shape index (κ2) is 9.17. The van der Waals surface area contributed by atoms with Gasteiger partial charge in [-0.3, -0.25) is 14.9 Å². The van der Waals surface area contributed by atoms with E-state index in [1.54, 1.807) is 36.3 Å².